The molecule has 1 aromatic rings. The summed E-state index contributed by atoms with van der Waals surface area (Å²) in [5, 5.41) is 4.39. The molecular weight excluding hydrogens is 162 g/mol. The van der Waals surface area contributed by atoms with Crippen LogP contribution in [-0.4, -0.2) is 16.3 Å². The zero-order valence-electron chi connectivity index (χ0n) is 8.00. The highest BCUT2D eigenvalue weighted by molar-refractivity contribution is 5.19. The van der Waals surface area contributed by atoms with Crippen LogP contribution >= 0.6 is 0 Å². The van der Waals surface area contributed by atoms with Crippen molar-refractivity contribution in [3.8, 4) is 0 Å². The zero-order valence-corrected chi connectivity index (χ0v) is 8.00. The van der Waals surface area contributed by atoms with Crippen LogP contribution in [0.2, 0.25) is 0 Å². The molecule has 13 heavy (non-hydrogen) atoms. The first-order chi connectivity index (χ1) is 6.42. The molecule has 0 bridgehead atoms. The van der Waals surface area contributed by atoms with Crippen molar-refractivity contribution < 1.29 is 0 Å². The molecule has 0 saturated carbocycles. The van der Waals surface area contributed by atoms with E-state index in [0.29, 0.717) is 0 Å². The summed E-state index contributed by atoms with van der Waals surface area (Å²) < 4.78 is 2.16. The number of hydrogen-bond donors (Lipinski definition) is 1. The van der Waals surface area contributed by atoms with Crippen LogP contribution in [0.4, 0.5) is 0 Å². The molecule has 0 amide bonds. The first-order valence-electron chi connectivity index (χ1n) is 5.15. The van der Waals surface area contributed by atoms with Gasteiger partial charge in [-0.1, -0.05) is 0 Å². The van der Waals surface area contributed by atoms with Crippen LogP contribution in [0.15, 0.2) is 6.20 Å². The minimum atomic E-state index is 0.782. The molecule has 0 fully saturated rings. The fraction of sp³-hybridized carbons (Fsp3) is 0.700. The van der Waals surface area contributed by atoms with Crippen LogP contribution in [0, 0.1) is 0 Å². The molecule has 0 radical (unpaired) electrons. The summed E-state index contributed by atoms with van der Waals surface area (Å²) in [6, 6.07) is 0. The molecule has 0 spiro atoms. The van der Waals surface area contributed by atoms with Gasteiger partial charge < -0.3 is 5.73 Å². The first kappa shape index (κ1) is 8.75. The van der Waals surface area contributed by atoms with Crippen molar-refractivity contribution in [1.82, 2.24) is 9.78 Å². The summed E-state index contributed by atoms with van der Waals surface area (Å²) in [6.07, 6.45) is 8.02. The topological polar surface area (TPSA) is 43.8 Å². The van der Waals surface area contributed by atoms with Gasteiger partial charge in [0.2, 0.25) is 0 Å². The minimum Gasteiger partial charge on any atom is -0.330 e. The van der Waals surface area contributed by atoms with E-state index in [1.807, 2.05) is 6.20 Å². The van der Waals surface area contributed by atoms with Gasteiger partial charge in [0.15, 0.2) is 0 Å². The number of nitrogens with two attached hydrogens (primary N) is 1. The van der Waals surface area contributed by atoms with E-state index >= 15 is 0 Å². The molecule has 1 aliphatic heterocycles. The van der Waals surface area contributed by atoms with Crippen LogP contribution in [0.5, 0.6) is 0 Å². The van der Waals surface area contributed by atoms with E-state index in [0.717, 1.165) is 25.9 Å². The quantitative estimate of drug-likeness (QED) is 0.755. The van der Waals surface area contributed by atoms with E-state index in [2.05, 4.69) is 9.78 Å². The van der Waals surface area contributed by atoms with E-state index in [1.54, 1.807) is 0 Å². The molecule has 72 valence electrons. The predicted octanol–water partition coefficient (Wildman–Crippen LogP) is 1.11. The molecule has 0 aliphatic carbocycles. The van der Waals surface area contributed by atoms with E-state index in [-0.39, 0.29) is 0 Å². The van der Waals surface area contributed by atoms with Crippen molar-refractivity contribution in [2.45, 2.75) is 38.6 Å². The van der Waals surface area contributed by atoms with Gasteiger partial charge in [0, 0.05) is 12.2 Å². The largest absolute Gasteiger partial charge is 0.330 e. The predicted molar refractivity (Wildman–Crippen MR) is 52.5 cm³/mol. The lowest BCUT2D eigenvalue weighted by Gasteiger charge is -2.14. The molecule has 0 atom stereocenters. The van der Waals surface area contributed by atoms with E-state index in [1.165, 1.54) is 30.5 Å². The molecule has 0 saturated heterocycles. The summed E-state index contributed by atoms with van der Waals surface area (Å²) in [6.45, 7) is 1.89. The molecule has 3 nitrogen and oxygen atoms in total. The number of nitrogens with zero attached hydrogens (tertiary/aromatic N) is 2. The van der Waals surface area contributed by atoms with Crippen molar-refractivity contribution in [3.05, 3.63) is 17.5 Å². The molecule has 0 aromatic carbocycles. The van der Waals surface area contributed by atoms with Gasteiger partial charge in [-0.25, -0.2) is 0 Å². The molecule has 3 heteroatoms. The number of hydrogen-bond acceptors (Lipinski definition) is 2. The zero-order chi connectivity index (χ0) is 9.10. The summed E-state index contributed by atoms with van der Waals surface area (Å²) in [5.41, 5.74) is 8.37. The maximum atomic E-state index is 5.49. The number of rotatable bonds is 3. The Bertz CT molecular complexity index is 278. The fourth-order valence-electron chi connectivity index (χ4n) is 1.99. The van der Waals surface area contributed by atoms with Crippen LogP contribution in [0.25, 0.3) is 0 Å². The molecule has 2 rings (SSSR count). The smallest absolute Gasteiger partial charge is 0.0524 e. The third-order valence-corrected chi connectivity index (χ3v) is 2.72. The first-order valence-corrected chi connectivity index (χ1v) is 5.15. The van der Waals surface area contributed by atoms with E-state index in [4.69, 9.17) is 5.73 Å². The minimum absolute atomic E-state index is 0.782. The Hall–Kier alpha value is -0.830. The number of aromatic nitrogens is 2. The Kier molecular flexibility index (Phi) is 2.64. The Labute approximate surface area is 78.9 Å². The monoisotopic (exact) mass is 179 g/mol. The SMILES string of the molecule is NCCCc1cnn2c1CCCC2. The molecule has 2 N–H and O–H groups in total. The van der Waals surface area contributed by atoms with Gasteiger partial charge in [0.25, 0.3) is 0 Å². The van der Waals surface area contributed by atoms with Crippen LogP contribution in [0.3, 0.4) is 0 Å². The van der Waals surface area contributed by atoms with Gasteiger partial charge >= 0.3 is 0 Å². The lowest BCUT2D eigenvalue weighted by Crippen LogP contribution is -2.12. The Morgan fingerprint density at radius 1 is 1.46 bits per heavy atom. The van der Waals surface area contributed by atoms with E-state index in [9.17, 15) is 0 Å². The molecule has 1 aromatic heterocycles. The van der Waals surface area contributed by atoms with Crippen LogP contribution in [0.1, 0.15) is 30.5 Å². The second-order valence-electron chi connectivity index (χ2n) is 3.69. The van der Waals surface area contributed by atoms with Crippen molar-refractivity contribution in [3.63, 3.8) is 0 Å². The average Bonchev–Trinajstić information content (AvgIpc) is 2.58. The van der Waals surface area contributed by atoms with Gasteiger partial charge in [-0.3, -0.25) is 4.68 Å². The summed E-state index contributed by atoms with van der Waals surface area (Å²) in [7, 11) is 0. The van der Waals surface area contributed by atoms with Crippen molar-refractivity contribution in [2.75, 3.05) is 6.54 Å². The maximum Gasteiger partial charge on any atom is 0.0524 e. The summed E-state index contributed by atoms with van der Waals surface area (Å²) in [5.74, 6) is 0. The Morgan fingerprint density at radius 2 is 2.38 bits per heavy atom. The Morgan fingerprint density at radius 3 is 3.23 bits per heavy atom. The molecular formula is C10H17N3. The maximum absolute atomic E-state index is 5.49. The molecule has 0 unspecified atom stereocenters. The third-order valence-electron chi connectivity index (χ3n) is 2.72. The number of aryl methyl sites for hydroxylation is 2. The number of fused-ring (bicyclic) bond motifs is 1. The average molecular weight is 179 g/mol. The standard InChI is InChI=1S/C10H17N3/c11-6-3-4-9-8-12-13-7-2-1-5-10(9)13/h8H,1-7,11H2. The Balaban J connectivity index is 2.12. The van der Waals surface area contributed by atoms with Gasteiger partial charge in [-0.15, -0.1) is 0 Å². The second kappa shape index (κ2) is 3.92. The van der Waals surface area contributed by atoms with Crippen molar-refractivity contribution in [1.29, 1.82) is 0 Å². The van der Waals surface area contributed by atoms with Gasteiger partial charge in [-0.2, -0.15) is 5.10 Å². The fourth-order valence-corrected chi connectivity index (χ4v) is 1.99. The van der Waals surface area contributed by atoms with Gasteiger partial charge in [0.1, 0.15) is 0 Å². The van der Waals surface area contributed by atoms with Crippen molar-refractivity contribution >= 4 is 0 Å². The summed E-state index contributed by atoms with van der Waals surface area (Å²) in [4.78, 5) is 0. The lowest BCUT2D eigenvalue weighted by molar-refractivity contribution is 0.484. The van der Waals surface area contributed by atoms with Gasteiger partial charge in [-0.05, 0) is 44.2 Å². The third kappa shape index (κ3) is 1.75. The second-order valence-corrected chi connectivity index (χ2v) is 3.69. The van der Waals surface area contributed by atoms with Gasteiger partial charge in [0.05, 0.1) is 6.20 Å². The highest BCUT2D eigenvalue weighted by Crippen LogP contribution is 2.18. The summed E-state index contributed by atoms with van der Waals surface area (Å²) >= 11 is 0. The van der Waals surface area contributed by atoms with Crippen molar-refractivity contribution in [2.24, 2.45) is 5.73 Å². The normalized spacial score (nSPS) is 15.8. The highest BCUT2D eigenvalue weighted by atomic mass is 15.3. The lowest BCUT2D eigenvalue weighted by atomic mass is 10.0. The molecule has 1 aliphatic rings. The van der Waals surface area contributed by atoms with Crippen LogP contribution in [-0.2, 0) is 19.4 Å². The van der Waals surface area contributed by atoms with E-state index < -0.39 is 0 Å². The highest BCUT2D eigenvalue weighted by Gasteiger charge is 2.13. The molecule has 2 heterocycles. The van der Waals surface area contributed by atoms with Crippen LogP contribution < -0.4 is 5.73 Å².